The fourth-order valence-electron chi connectivity index (χ4n) is 2.80. The van der Waals surface area contributed by atoms with Gasteiger partial charge in [0.25, 0.3) is 0 Å². The van der Waals surface area contributed by atoms with Crippen molar-refractivity contribution in [2.45, 2.75) is 31.7 Å². The molecule has 1 aliphatic heterocycles. The summed E-state index contributed by atoms with van der Waals surface area (Å²) in [6, 6.07) is 6.72. The van der Waals surface area contributed by atoms with Crippen molar-refractivity contribution >= 4 is 5.57 Å². The molecule has 5 heteroatoms. The minimum Gasteiger partial charge on any atom is -0.424 e. The van der Waals surface area contributed by atoms with Crippen LogP contribution in [0.2, 0.25) is 0 Å². The van der Waals surface area contributed by atoms with Crippen molar-refractivity contribution in [3.8, 4) is 0 Å². The van der Waals surface area contributed by atoms with Crippen molar-refractivity contribution in [2.24, 2.45) is 0 Å². The Morgan fingerprint density at radius 2 is 2.00 bits per heavy atom. The van der Waals surface area contributed by atoms with E-state index in [0.29, 0.717) is 18.4 Å². The molecule has 2 heterocycles. The Kier molecular flexibility index (Phi) is 3.50. The Morgan fingerprint density at radius 1 is 1.18 bits per heavy atom. The molecule has 0 bridgehead atoms. The van der Waals surface area contributed by atoms with Gasteiger partial charge in [-0.1, -0.05) is 18.2 Å². The first-order valence-electron chi connectivity index (χ1n) is 7.77. The van der Waals surface area contributed by atoms with Crippen LogP contribution in [0.1, 0.15) is 42.5 Å². The zero-order valence-electron chi connectivity index (χ0n) is 12.3. The number of hydrogen-bond acceptors (Lipinski definition) is 4. The quantitative estimate of drug-likeness (QED) is 0.868. The summed E-state index contributed by atoms with van der Waals surface area (Å²) >= 11 is 0. The number of benzene rings is 1. The van der Waals surface area contributed by atoms with E-state index in [0.717, 1.165) is 31.0 Å². The molecule has 0 saturated heterocycles. The van der Waals surface area contributed by atoms with Crippen LogP contribution in [0.15, 0.2) is 34.8 Å². The first-order chi connectivity index (χ1) is 10.8. The molecule has 0 N–H and O–H groups in total. The maximum absolute atomic E-state index is 13.0. The highest BCUT2D eigenvalue weighted by atomic mass is 19.1. The fraction of sp³-hybridized carbons (Fsp3) is 0.412. The minimum atomic E-state index is -0.190. The molecule has 0 radical (unpaired) electrons. The predicted molar refractivity (Wildman–Crippen MR) is 80.5 cm³/mol. The SMILES string of the molecule is Fc1ccc(C2=CCN(Cc3nnc(C4CC4)o3)CC2)cc1. The summed E-state index contributed by atoms with van der Waals surface area (Å²) in [5.41, 5.74) is 2.38. The Hall–Kier alpha value is -2.01. The monoisotopic (exact) mass is 299 g/mol. The molecule has 1 aromatic carbocycles. The van der Waals surface area contributed by atoms with Gasteiger partial charge in [0.15, 0.2) is 0 Å². The predicted octanol–water partition coefficient (Wildman–Crippen LogP) is 3.38. The summed E-state index contributed by atoms with van der Waals surface area (Å²) in [5, 5.41) is 8.26. The molecule has 0 amide bonds. The van der Waals surface area contributed by atoms with Crippen molar-refractivity contribution in [3.63, 3.8) is 0 Å². The molecular formula is C17H18FN3O. The van der Waals surface area contributed by atoms with Gasteiger partial charge in [0.1, 0.15) is 5.82 Å². The lowest BCUT2D eigenvalue weighted by Gasteiger charge is -2.25. The summed E-state index contributed by atoms with van der Waals surface area (Å²) in [6.07, 6.45) is 5.51. The number of hydrogen-bond donors (Lipinski definition) is 0. The number of aromatic nitrogens is 2. The number of rotatable bonds is 4. The van der Waals surface area contributed by atoms with Gasteiger partial charge in [-0.2, -0.15) is 0 Å². The standard InChI is InChI=1S/C17H18FN3O/c18-15-5-3-12(4-6-15)13-7-9-21(10-8-13)11-16-19-20-17(22-16)14-1-2-14/h3-7,14H,1-2,8-11H2. The Bertz CT molecular complexity index is 688. The van der Waals surface area contributed by atoms with Crippen LogP contribution in [0, 0.1) is 5.82 Å². The van der Waals surface area contributed by atoms with Crippen LogP contribution in [-0.2, 0) is 6.54 Å². The summed E-state index contributed by atoms with van der Waals surface area (Å²) in [5.74, 6) is 1.83. The molecule has 114 valence electrons. The van der Waals surface area contributed by atoms with Gasteiger partial charge >= 0.3 is 0 Å². The maximum atomic E-state index is 13.0. The Labute approximate surface area is 128 Å². The molecule has 22 heavy (non-hydrogen) atoms. The van der Waals surface area contributed by atoms with Gasteiger partial charge in [-0.05, 0) is 42.5 Å². The van der Waals surface area contributed by atoms with Gasteiger partial charge in [0, 0.05) is 19.0 Å². The van der Waals surface area contributed by atoms with Crippen molar-refractivity contribution in [3.05, 3.63) is 53.5 Å². The average Bonchev–Trinajstić information content (AvgIpc) is 3.29. The topological polar surface area (TPSA) is 42.2 Å². The van der Waals surface area contributed by atoms with Gasteiger partial charge in [0.2, 0.25) is 11.8 Å². The summed E-state index contributed by atoms with van der Waals surface area (Å²) in [7, 11) is 0. The Morgan fingerprint density at radius 3 is 2.68 bits per heavy atom. The largest absolute Gasteiger partial charge is 0.424 e. The third-order valence-electron chi connectivity index (χ3n) is 4.28. The lowest BCUT2D eigenvalue weighted by molar-refractivity contribution is 0.258. The summed E-state index contributed by atoms with van der Waals surface area (Å²) in [6.45, 7) is 2.51. The Balaban J connectivity index is 1.38. The van der Waals surface area contributed by atoms with E-state index in [9.17, 15) is 4.39 Å². The van der Waals surface area contributed by atoms with Gasteiger partial charge in [0.05, 0.1) is 6.54 Å². The molecule has 1 aliphatic carbocycles. The van der Waals surface area contributed by atoms with Crippen LogP contribution in [-0.4, -0.2) is 28.2 Å². The lowest BCUT2D eigenvalue weighted by Crippen LogP contribution is -2.28. The first kappa shape index (κ1) is 13.6. The van der Waals surface area contributed by atoms with Crippen molar-refractivity contribution in [2.75, 3.05) is 13.1 Å². The number of halogens is 1. The average molecular weight is 299 g/mol. The van der Waals surface area contributed by atoms with E-state index < -0.39 is 0 Å². The molecule has 1 aromatic heterocycles. The third-order valence-corrected chi connectivity index (χ3v) is 4.28. The highest BCUT2D eigenvalue weighted by molar-refractivity contribution is 5.66. The molecule has 1 saturated carbocycles. The molecule has 4 nitrogen and oxygen atoms in total. The van der Waals surface area contributed by atoms with E-state index in [4.69, 9.17) is 4.42 Å². The molecule has 2 aliphatic rings. The van der Waals surface area contributed by atoms with Crippen LogP contribution < -0.4 is 0 Å². The first-order valence-corrected chi connectivity index (χ1v) is 7.77. The van der Waals surface area contributed by atoms with E-state index in [1.807, 2.05) is 12.1 Å². The minimum absolute atomic E-state index is 0.190. The van der Waals surface area contributed by atoms with E-state index in [1.165, 1.54) is 30.5 Å². The maximum Gasteiger partial charge on any atom is 0.230 e. The third kappa shape index (κ3) is 2.95. The zero-order chi connectivity index (χ0) is 14.9. The molecular weight excluding hydrogens is 281 g/mol. The number of nitrogens with zero attached hydrogens (tertiary/aromatic N) is 3. The van der Waals surface area contributed by atoms with Crippen LogP contribution >= 0.6 is 0 Å². The second kappa shape index (κ2) is 5.65. The highest BCUT2D eigenvalue weighted by Crippen LogP contribution is 2.39. The van der Waals surface area contributed by atoms with Crippen molar-refractivity contribution in [1.29, 1.82) is 0 Å². The molecule has 0 spiro atoms. The van der Waals surface area contributed by atoms with E-state index >= 15 is 0 Å². The van der Waals surface area contributed by atoms with Crippen LogP contribution in [0.3, 0.4) is 0 Å². The normalized spacial score (nSPS) is 19.2. The second-order valence-corrected chi connectivity index (χ2v) is 6.03. The summed E-state index contributed by atoms with van der Waals surface area (Å²) < 4.78 is 18.7. The van der Waals surface area contributed by atoms with Crippen LogP contribution in [0.4, 0.5) is 4.39 Å². The van der Waals surface area contributed by atoms with Gasteiger partial charge in [-0.25, -0.2) is 4.39 Å². The van der Waals surface area contributed by atoms with E-state index in [-0.39, 0.29) is 5.82 Å². The van der Waals surface area contributed by atoms with Crippen molar-refractivity contribution < 1.29 is 8.81 Å². The van der Waals surface area contributed by atoms with E-state index in [1.54, 1.807) is 0 Å². The van der Waals surface area contributed by atoms with Crippen LogP contribution in [0.25, 0.3) is 5.57 Å². The van der Waals surface area contributed by atoms with Gasteiger partial charge in [-0.15, -0.1) is 10.2 Å². The smallest absolute Gasteiger partial charge is 0.230 e. The molecule has 0 atom stereocenters. The highest BCUT2D eigenvalue weighted by Gasteiger charge is 2.29. The molecule has 4 rings (SSSR count). The fourth-order valence-corrected chi connectivity index (χ4v) is 2.80. The lowest BCUT2D eigenvalue weighted by atomic mass is 9.99. The summed E-state index contributed by atoms with van der Waals surface area (Å²) in [4.78, 5) is 2.29. The molecule has 2 aromatic rings. The molecule has 1 fully saturated rings. The van der Waals surface area contributed by atoms with Gasteiger partial charge in [-0.3, -0.25) is 4.90 Å². The van der Waals surface area contributed by atoms with Crippen molar-refractivity contribution in [1.82, 2.24) is 15.1 Å². The van der Waals surface area contributed by atoms with E-state index in [2.05, 4.69) is 21.2 Å². The zero-order valence-corrected chi connectivity index (χ0v) is 12.3. The molecule has 0 unspecified atom stereocenters. The van der Waals surface area contributed by atoms with Gasteiger partial charge < -0.3 is 4.42 Å². The second-order valence-electron chi connectivity index (χ2n) is 6.03. The van der Waals surface area contributed by atoms with Crippen LogP contribution in [0.5, 0.6) is 0 Å².